The van der Waals surface area contributed by atoms with Crippen LogP contribution >= 0.6 is 11.3 Å². The summed E-state index contributed by atoms with van der Waals surface area (Å²) in [4.78, 5) is 2.35. The van der Waals surface area contributed by atoms with Gasteiger partial charge >= 0.3 is 0 Å². The minimum Gasteiger partial charge on any atom is -0.456 e. The Morgan fingerprint density at radius 3 is 1.51 bits per heavy atom. The largest absolute Gasteiger partial charge is 0.456 e. The third kappa shape index (κ3) is 3.52. The number of hydrogen-bond donors (Lipinski definition) is 0. The predicted molar refractivity (Wildman–Crippen MR) is 196 cm³/mol. The van der Waals surface area contributed by atoms with Crippen LogP contribution in [0, 0.1) is 0 Å². The molecule has 7 aromatic carbocycles. The molecule has 11 aromatic rings. The van der Waals surface area contributed by atoms with Crippen LogP contribution < -0.4 is 4.90 Å². The minimum absolute atomic E-state index is 0.847. The molecule has 0 saturated heterocycles. The molecule has 0 spiro atoms. The summed E-state index contributed by atoms with van der Waals surface area (Å²) in [5, 5.41) is 8.97. The van der Waals surface area contributed by atoms with Crippen molar-refractivity contribution in [2.75, 3.05) is 4.90 Å². The SMILES string of the molecule is c1ccc2c(c1)oc1cc(N(c3ccc4c(c3)oc3ccccc34)c3cc4c5ccccc5oc4c4sc5ccccc5c34)ccc12. The maximum atomic E-state index is 6.59. The van der Waals surface area contributed by atoms with Crippen molar-refractivity contribution in [3.8, 4) is 0 Å². The molecule has 0 saturated carbocycles. The standard InChI is InChI=1S/C42H23NO3S/c1-5-13-34-26(9-1)29-19-17-24(21-37(29)44-34)43(25-18-20-30-27-10-2-6-14-35(27)45-38(30)22-25)33-23-32-28-11-3-7-15-36(28)46-41(32)42-40(33)31-12-4-8-16-39(31)47-42/h1-23H. The van der Waals surface area contributed by atoms with Gasteiger partial charge < -0.3 is 18.2 Å². The van der Waals surface area contributed by atoms with Crippen molar-refractivity contribution >= 4 is 114 Å². The van der Waals surface area contributed by atoms with E-state index < -0.39 is 0 Å². The smallest absolute Gasteiger partial charge is 0.153 e. The first-order valence-electron chi connectivity index (χ1n) is 15.7. The fourth-order valence-electron chi connectivity index (χ4n) is 7.36. The molecule has 0 N–H and O–H groups in total. The van der Waals surface area contributed by atoms with Crippen molar-refractivity contribution in [1.29, 1.82) is 0 Å². The third-order valence-electron chi connectivity index (χ3n) is 9.45. The highest BCUT2D eigenvalue weighted by atomic mass is 32.1. The van der Waals surface area contributed by atoms with E-state index in [2.05, 4.69) is 114 Å². The Morgan fingerprint density at radius 1 is 0.404 bits per heavy atom. The number of fused-ring (bicyclic) bond motifs is 13. The van der Waals surface area contributed by atoms with Crippen LogP contribution in [0.15, 0.2) is 153 Å². The highest BCUT2D eigenvalue weighted by molar-refractivity contribution is 7.26. The van der Waals surface area contributed by atoms with Crippen molar-refractivity contribution in [2.24, 2.45) is 0 Å². The van der Waals surface area contributed by atoms with E-state index in [1.54, 1.807) is 11.3 Å². The van der Waals surface area contributed by atoms with Gasteiger partial charge in [0.2, 0.25) is 0 Å². The summed E-state index contributed by atoms with van der Waals surface area (Å²) in [6.45, 7) is 0. The summed E-state index contributed by atoms with van der Waals surface area (Å²) in [5.41, 5.74) is 8.33. The Hall–Kier alpha value is -6.04. The molecular formula is C42H23NO3S. The molecule has 0 fully saturated rings. The van der Waals surface area contributed by atoms with Gasteiger partial charge in [-0.15, -0.1) is 11.3 Å². The van der Waals surface area contributed by atoms with Crippen molar-refractivity contribution in [3.05, 3.63) is 140 Å². The fraction of sp³-hybridized carbons (Fsp3) is 0. The zero-order chi connectivity index (χ0) is 30.6. The highest BCUT2D eigenvalue weighted by Gasteiger charge is 2.24. The number of rotatable bonds is 3. The second-order valence-corrected chi connectivity index (χ2v) is 13.1. The van der Waals surface area contributed by atoms with Gasteiger partial charge in [-0.05, 0) is 54.6 Å². The Labute approximate surface area is 271 Å². The van der Waals surface area contributed by atoms with Gasteiger partial charge in [0.15, 0.2) is 5.58 Å². The van der Waals surface area contributed by atoms with Crippen molar-refractivity contribution in [3.63, 3.8) is 0 Å². The van der Waals surface area contributed by atoms with E-state index in [1.807, 2.05) is 30.3 Å². The average molecular weight is 622 g/mol. The first kappa shape index (κ1) is 25.2. The van der Waals surface area contributed by atoms with Crippen molar-refractivity contribution in [1.82, 2.24) is 0 Å². The summed E-state index contributed by atoms with van der Waals surface area (Å²) < 4.78 is 21.8. The second kappa shape index (κ2) is 9.25. The quantitative estimate of drug-likeness (QED) is 0.197. The monoisotopic (exact) mass is 621 g/mol. The van der Waals surface area contributed by atoms with Gasteiger partial charge in [0.25, 0.3) is 0 Å². The number of para-hydroxylation sites is 3. The lowest BCUT2D eigenvalue weighted by molar-refractivity contribution is 0.669. The van der Waals surface area contributed by atoms with Crippen LogP contribution in [0.25, 0.3) is 86.0 Å². The number of thiophene rings is 1. The minimum atomic E-state index is 0.847. The van der Waals surface area contributed by atoms with Crippen LogP contribution in [0.1, 0.15) is 0 Å². The van der Waals surface area contributed by atoms with Gasteiger partial charge in [-0.25, -0.2) is 0 Å². The zero-order valence-electron chi connectivity index (χ0n) is 24.9. The molecule has 0 atom stereocenters. The molecule has 0 aliphatic carbocycles. The lowest BCUT2D eigenvalue weighted by Crippen LogP contribution is -2.10. The predicted octanol–water partition coefficient (Wildman–Crippen LogP) is 13.2. The van der Waals surface area contributed by atoms with Crippen LogP contribution in [-0.2, 0) is 0 Å². The van der Waals surface area contributed by atoms with Gasteiger partial charge in [0.1, 0.15) is 27.9 Å². The summed E-state index contributed by atoms with van der Waals surface area (Å²) in [6, 6.07) is 48.8. The fourth-order valence-corrected chi connectivity index (χ4v) is 8.56. The molecule has 5 heteroatoms. The van der Waals surface area contributed by atoms with E-state index in [4.69, 9.17) is 13.3 Å². The van der Waals surface area contributed by atoms with E-state index in [0.717, 1.165) is 93.0 Å². The lowest BCUT2D eigenvalue weighted by atomic mass is 10.0. The summed E-state index contributed by atoms with van der Waals surface area (Å²) >= 11 is 1.78. The molecular weight excluding hydrogens is 599 g/mol. The molecule has 0 aliphatic heterocycles. The molecule has 0 aliphatic rings. The molecule has 4 aromatic heterocycles. The maximum absolute atomic E-state index is 6.59. The molecule has 0 unspecified atom stereocenters. The molecule has 0 bridgehead atoms. The van der Waals surface area contributed by atoms with Gasteiger partial charge in [0.05, 0.1) is 10.4 Å². The average Bonchev–Trinajstić information content (AvgIpc) is 3.88. The molecule has 0 amide bonds. The molecule has 0 radical (unpaired) electrons. The molecule has 220 valence electrons. The third-order valence-corrected chi connectivity index (χ3v) is 10.6. The number of benzene rings is 7. The van der Waals surface area contributed by atoms with Crippen LogP contribution in [0.4, 0.5) is 17.1 Å². The summed E-state index contributed by atoms with van der Waals surface area (Å²) in [6.07, 6.45) is 0. The van der Waals surface area contributed by atoms with E-state index in [1.165, 1.54) is 10.1 Å². The van der Waals surface area contributed by atoms with Gasteiger partial charge in [-0.3, -0.25) is 0 Å². The number of furan rings is 3. The second-order valence-electron chi connectivity index (χ2n) is 12.1. The van der Waals surface area contributed by atoms with E-state index in [0.29, 0.717) is 0 Å². The van der Waals surface area contributed by atoms with Crippen LogP contribution in [-0.4, -0.2) is 0 Å². The van der Waals surface area contributed by atoms with Crippen LogP contribution in [0.3, 0.4) is 0 Å². The number of anilines is 3. The van der Waals surface area contributed by atoms with Crippen LogP contribution in [0.5, 0.6) is 0 Å². The number of nitrogens with zero attached hydrogens (tertiary/aromatic N) is 1. The Kier molecular flexibility index (Phi) is 4.96. The maximum Gasteiger partial charge on any atom is 0.153 e. The van der Waals surface area contributed by atoms with Crippen molar-refractivity contribution in [2.45, 2.75) is 0 Å². The van der Waals surface area contributed by atoms with Crippen molar-refractivity contribution < 1.29 is 13.3 Å². The first-order valence-corrected chi connectivity index (χ1v) is 16.5. The van der Waals surface area contributed by atoms with E-state index in [9.17, 15) is 0 Å². The van der Waals surface area contributed by atoms with E-state index >= 15 is 0 Å². The first-order chi connectivity index (χ1) is 23.3. The summed E-state index contributed by atoms with van der Waals surface area (Å²) in [7, 11) is 0. The molecule has 47 heavy (non-hydrogen) atoms. The van der Waals surface area contributed by atoms with Gasteiger partial charge in [0, 0.05) is 71.3 Å². The van der Waals surface area contributed by atoms with Gasteiger partial charge in [-0.1, -0.05) is 72.8 Å². The van der Waals surface area contributed by atoms with Crippen LogP contribution in [0.2, 0.25) is 0 Å². The lowest BCUT2D eigenvalue weighted by Gasteiger charge is -2.26. The molecule has 4 heterocycles. The molecule has 4 nitrogen and oxygen atoms in total. The zero-order valence-corrected chi connectivity index (χ0v) is 25.7. The normalized spacial score (nSPS) is 12.3. The van der Waals surface area contributed by atoms with E-state index in [-0.39, 0.29) is 0 Å². The van der Waals surface area contributed by atoms with Gasteiger partial charge in [-0.2, -0.15) is 0 Å². The topological polar surface area (TPSA) is 42.7 Å². The Balaban J connectivity index is 1.28. The highest BCUT2D eigenvalue weighted by Crippen LogP contribution is 2.50. The number of hydrogen-bond acceptors (Lipinski definition) is 5. The summed E-state index contributed by atoms with van der Waals surface area (Å²) in [5.74, 6) is 0. The Morgan fingerprint density at radius 2 is 0.894 bits per heavy atom. The molecule has 11 rings (SSSR count). The Bertz CT molecular complexity index is 2930.